The molecule has 0 aliphatic rings. The van der Waals surface area contributed by atoms with Gasteiger partial charge in [0.15, 0.2) is 5.16 Å². The van der Waals surface area contributed by atoms with Crippen LogP contribution in [0.5, 0.6) is 0 Å². The van der Waals surface area contributed by atoms with E-state index < -0.39 is 0 Å². The molecule has 0 saturated carbocycles. The van der Waals surface area contributed by atoms with Gasteiger partial charge in [0.25, 0.3) is 0 Å². The number of rotatable bonds is 8. The fourth-order valence-corrected chi connectivity index (χ4v) is 4.76. The summed E-state index contributed by atoms with van der Waals surface area (Å²) in [7, 11) is 2.02. The topological polar surface area (TPSA) is 90.5 Å². The van der Waals surface area contributed by atoms with Crippen molar-refractivity contribution in [2.24, 2.45) is 7.05 Å². The number of hydrogen-bond acceptors (Lipinski definition) is 7. The van der Waals surface area contributed by atoms with Gasteiger partial charge in [0, 0.05) is 25.4 Å². The molecule has 0 bridgehead atoms. The summed E-state index contributed by atoms with van der Waals surface area (Å²) in [5.41, 5.74) is 4.52. The third-order valence-corrected chi connectivity index (χ3v) is 7.17. The maximum Gasteiger partial charge on any atom is 0.236 e. The second-order valence-corrected chi connectivity index (χ2v) is 9.44. The summed E-state index contributed by atoms with van der Waals surface area (Å²) in [5.74, 6) is 0.891. The van der Waals surface area contributed by atoms with Gasteiger partial charge >= 0.3 is 0 Å². The molecule has 0 aliphatic heterocycles. The number of carbonyl (C=O) groups is 1. The van der Waals surface area contributed by atoms with Crippen molar-refractivity contribution in [3.05, 3.63) is 64.2 Å². The Morgan fingerprint density at radius 3 is 2.69 bits per heavy atom. The maximum atomic E-state index is 12.5. The largest absolute Gasteiger partial charge is 0.354 e. The van der Waals surface area contributed by atoms with Crippen LogP contribution in [-0.2, 0) is 24.7 Å². The minimum Gasteiger partial charge on any atom is -0.354 e. The van der Waals surface area contributed by atoms with E-state index in [-0.39, 0.29) is 11.7 Å². The van der Waals surface area contributed by atoms with Crippen LogP contribution in [0.3, 0.4) is 0 Å². The van der Waals surface area contributed by atoms with Gasteiger partial charge in [-0.1, -0.05) is 42.2 Å². The van der Waals surface area contributed by atoms with Crippen LogP contribution in [0.15, 0.2) is 41.7 Å². The summed E-state index contributed by atoms with van der Waals surface area (Å²) >= 11 is 2.76. The summed E-state index contributed by atoms with van der Waals surface area (Å²) in [6, 6.07) is 10.3. The van der Waals surface area contributed by atoms with Crippen LogP contribution >= 0.6 is 23.1 Å². The summed E-state index contributed by atoms with van der Waals surface area (Å²) in [6.45, 7) is 6.20. The van der Waals surface area contributed by atoms with Crippen LogP contribution in [0.2, 0.25) is 0 Å². The lowest BCUT2D eigenvalue weighted by atomic mass is 10.1. The fraction of sp³-hybridized carbons (Fsp3) is 0.318. The van der Waals surface area contributed by atoms with Gasteiger partial charge in [-0.3, -0.25) is 14.7 Å². The number of nitrogens with one attached hydrogen (secondary N) is 1. The number of nitrogens with zero attached hydrogens (tertiary/aromatic N) is 6. The van der Waals surface area contributed by atoms with Crippen LogP contribution in [0.1, 0.15) is 34.6 Å². The van der Waals surface area contributed by atoms with Gasteiger partial charge in [-0.15, -0.1) is 20.4 Å². The molecule has 0 spiro atoms. The van der Waals surface area contributed by atoms with Crippen LogP contribution in [0.25, 0.3) is 5.69 Å². The van der Waals surface area contributed by atoms with Crippen LogP contribution in [-0.4, -0.2) is 41.2 Å². The number of carbonyl (C=O) groups excluding carboxylic acids is 1. The van der Waals surface area contributed by atoms with Gasteiger partial charge in [0.05, 0.1) is 11.4 Å². The number of amides is 1. The number of anilines is 1. The van der Waals surface area contributed by atoms with E-state index in [0.29, 0.717) is 16.7 Å². The van der Waals surface area contributed by atoms with Crippen molar-refractivity contribution in [3.8, 4) is 5.69 Å². The predicted octanol–water partition coefficient (Wildman–Crippen LogP) is 3.96. The Bertz CT molecular complexity index is 1240. The molecule has 8 nitrogen and oxygen atoms in total. The first kappa shape index (κ1) is 22.2. The number of aromatic nitrogens is 6. The Labute approximate surface area is 195 Å². The number of aryl methyl sites for hydroxylation is 3. The molecule has 10 heteroatoms. The quantitative estimate of drug-likeness (QED) is 0.395. The zero-order valence-electron chi connectivity index (χ0n) is 18.5. The maximum absolute atomic E-state index is 12.5. The molecule has 0 saturated heterocycles. The fourth-order valence-electron chi connectivity index (χ4n) is 3.30. The summed E-state index contributed by atoms with van der Waals surface area (Å²) < 4.78 is 4.14. The molecular weight excluding hydrogens is 442 g/mol. The van der Waals surface area contributed by atoms with Crippen LogP contribution in [0.4, 0.5) is 5.13 Å². The third kappa shape index (κ3) is 4.76. The van der Waals surface area contributed by atoms with Gasteiger partial charge in [-0.25, -0.2) is 0 Å². The molecule has 0 fully saturated rings. The Kier molecular flexibility index (Phi) is 6.71. The monoisotopic (exact) mass is 467 g/mol. The zero-order valence-corrected chi connectivity index (χ0v) is 20.1. The lowest BCUT2D eigenvalue weighted by molar-refractivity contribution is -0.113. The van der Waals surface area contributed by atoms with Gasteiger partial charge in [0.1, 0.15) is 10.8 Å². The minimum absolute atomic E-state index is 0.145. The Morgan fingerprint density at radius 1 is 1.12 bits per heavy atom. The van der Waals surface area contributed by atoms with Crippen molar-refractivity contribution in [3.63, 3.8) is 0 Å². The first-order valence-electron chi connectivity index (χ1n) is 10.3. The van der Waals surface area contributed by atoms with Gasteiger partial charge < -0.3 is 4.57 Å². The highest BCUT2D eigenvalue weighted by molar-refractivity contribution is 7.99. The molecule has 32 heavy (non-hydrogen) atoms. The van der Waals surface area contributed by atoms with E-state index in [1.54, 1.807) is 0 Å². The Balaban J connectivity index is 1.59. The molecule has 4 aromatic rings. The van der Waals surface area contributed by atoms with Crippen molar-refractivity contribution in [2.75, 3.05) is 11.1 Å². The summed E-state index contributed by atoms with van der Waals surface area (Å²) in [6.07, 6.45) is 3.46. The van der Waals surface area contributed by atoms with Crippen LogP contribution < -0.4 is 5.32 Å². The third-order valence-electron chi connectivity index (χ3n) is 5.26. The van der Waals surface area contributed by atoms with Gasteiger partial charge in [-0.2, -0.15) is 0 Å². The molecule has 4 rings (SSSR count). The van der Waals surface area contributed by atoms with E-state index in [1.165, 1.54) is 28.7 Å². The highest BCUT2D eigenvalue weighted by atomic mass is 32.2. The van der Waals surface area contributed by atoms with Crippen LogP contribution in [0, 0.1) is 13.8 Å². The van der Waals surface area contributed by atoms with E-state index in [1.807, 2.05) is 32.3 Å². The van der Waals surface area contributed by atoms with Crippen molar-refractivity contribution in [1.82, 2.24) is 29.5 Å². The SMILES string of the molecule is CCc1nnc(NC(=O)CSc2nnc(Cc3cccn3C)n2-c2cccc(C)c2C)s1. The Morgan fingerprint density at radius 2 is 1.97 bits per heavy atom. The molecule has 0 atom stereocenters. The molecule has 0 radical (unpaired) electrons. The number of thioether (sulfide) groups is 1. The average molecular weight is 468 g/mol. The zero-order chi connectivity index (χ0) is 22.7. The first-order valence-corrected chi connectivity index (χ1v) is 12.1. The van der Waals surface area contributed by atoms with Crippen molar-refractivity contribution < 1.29 is 4.79 Å². The summed E-state index contributed by atoms with van der Waals surface area (Å²) in [4.78, 5) is 12.5. The second kappa shape index (κ2) is 9.66. The average Bonchev–Trinajstić information content (AvgIpc) is 3.50. The first-order chi connectivity index (χ1) is 15.5. The molecule has 1 aromatic carbocycles. The molecule has 3 aromatic heterocycles. The van der Waals surface area contributed by atoms with E-state index in [0.717, 1.165) is 34.2 Å². The smallest absolute Gasteiger partial charge is 0.236 e. The highest BCUT2D eigenvalue weighted by Gasteiger charge is 2.19. The molecule has 1 N–H and O–H groups in total. The van der Waals surface area contributed by atoms with E-state index >= 15 is 0 Å². The van der Waals surface area contributed by atoms with Crippen molar-refractivity contribution >= 4 is 34.1 Å². The lowest BCUT2D eigenvalue weighted by Gasteiger charge is -2.14. The number of hydrogen-bond donors (Lipinski definition) is 1. The van der Waals surface area contributed by atoms with Gasteiger partial charge in [-0.05, 0) is 49.6 Å². The van der Waals surface area contributed by atoms with E-state index in [4.69, 9.17) is 0 Å². The standard InChI is InChI=1S/C22H25N7OS2/c1-5-20-25-26-21(32-20)23-19(30)13-31-22-27-24-18(12-16-9-7-11-28(16)4)29(22)17-10-6-8-14(2)15(17)3/h6-11H,5,12-13H2,1-4H3,(H,23,26,30). The van der Waals surface area contributed by atoms with Crippen molar-refractivity contribution in [1.29, 1.82) is 0 Å². The van der Waals surface area contributed by atoms with E-state index in [2.05, 4.69) is 66.9 Å². The van der Waals surface area contributed by atoms with Gasteiger partial charge in [0.2, 0.25) is 11.0 Å². The molecule has 0 aliphatic carbocycles. The molecule has 1 amide bonds. The second-order valence-electron chi connectivity index (χ2n) is 7.43. The molecule has 3 heterocycles. The number of benzene rings is 1. The normalized spacial score (nSPS) is 11.1. The molecular formula is C22H25N7OS2. The predicted molar refractivity (Wildman–Crippen MR) is 128 cm³/mol. The van der Waals surface area contributed by atoms with Crippen molar-refractivity contribution in [2.45, 2.75) is 38.8 Å². The Hall–Kier alpha value is -2.98. The highest BCUT2D eigenvalue weighted by Crippen LogP contribution is 2.27. The molecule has 0 unspecified atom stereocenters. The lowest BCUT2D eigenvalue weighted by Crippen LogP contribution is -2.15. The summed E-state index contributed by atoms with van der Waals surface area (Å²) in [5, 5.41) is 21.9. The van der Waals surface area contributed by atoms with E-state index in [9.17, 15) is 4.79 Å². The molecule has 166 valence electrons. The minimum atomic E-state index is -0.145.